The van der Waals surface area contributed by atoms with Gasteiger partial charge in [0, 0.05) is 29.7 Å². The molecule has 0 saturated heterocycles. The third kappa shape index (κ3) is 4.38. The lowest BCUT2D eigenvalue weighted by Crippen LogP contribution is -2.26. The van der Waals surface area contributed by atoms with Crippen molar-refractivity contribution in [3.05, 3.63) is 93.8 Å². The largest absolute Gasteiger partial charge is 0.497 e. The number of ether oxygens (including phenoxy) is 1. The molecule has 6 heteroatoms. The topological polar surface area (TPSA) is 82.8 Å². The fourth-order valence-corrected chi connectivity index (χ4v) is 3.61. The minimum atomic E-state index is -0.139. The van der Waals surface area contributed by atoms with Crippen molar-refractivity contribution in [2.45, 2.75) is 25.9 Å². The highest BCUT2D eigenvalue weighted by molar-refractivity contribution is 5.83. The van der Waals surface area contributed by atoms with Crippen LogP contribution in [0.4, 0.5) is 0 Å². The molecule has 0 unspecified atom stereocenters. The van der Waals surface area contributed by atoms with E-state index in [1.165, 1.54) is 10.9 Å². The molecule has 0 bridgehead atoms. The second-order valence-electron chi connectivity index (χ2n) is 7.10. The number of hydrogen-bond donors (Lipinski definition) is 3. The molecule has 4 aromatic rings. The smallest absolute Gasteiger partial charge is 0.251 e. The number of nitrogens with one attached hydrogen (secondary N) is 3. The number of aryl methyl sites for hydroxylation is 1. The molecular formula is C23H24N4O2. The van der Waals surface area contributed by atoms with Crippen LogP contribution in [-0.4, -0.2) is 22.1 Å². The molecule has 2 aromatic carbocycles. The van der Waals surface area contributed by atoms with Gasteiger partial charge in [0.2, 0.25) is 0 Å². The second-order valence-corrected chi connectivity index (χ2v) is 7.10. The third-order valence-corrected chi connectivity index (χ3v) is 5.02. The first-order valence-electron chi connectivity index (χ1n) is 9.61. The molecule has 0 saturated carbocycles. The van der Waals surface area contributed by atoms with Gasteiger partial charge >= 0.3 is 0 Å². The molecule has 4 rings (SSSR count). The summed E-state index contributed by atoms with van der Waals surface area (Å²) in [6.45, 7) is 2.44. The number of aromatic nitrogens is 3. The van der Waals surface area contributed by atoms with Crippen LogP contribution in [0.2, 0.25) is 0 Å². The SMILES string of the molecule is COc1cccc(CN[C@H](Cc2c[nH]c3ccccc23)c2cc(=O)[nH]c(C)n2)c1. The minimum Gasteiger partial charge on any atom is -0.497 e. The summed E-state index contributed by atoms with van der Waals surface area (Å²) in [4.78, 5) is 22.7. The van der Waals surface area contributed by atoms with Gasteiger partial charge in [-0.2, -0.15) is 0 Å². The fourth-order valence-electron chi connectivity index (χ4n) is 3.61. The molecule has 0 fully saturated rings. The average Bonchev–Trinajstić information content (AvgIpc) is 3.13. The Balaban J connectivity index is 1.64. The van der Waals surface area contributed by atoms with Gasteiger partial charge in [0.15, 0.2) is 0 Å². The van der Waals surface area contributed by atoms with Crippen molar-refractivity contribution in [3.8, 4) is 5.75 Å². The van der Waals surface area contributed by atoms with Crippen LogP contribution in [0.25, 0.3) is 10.9 Å². The summed E-state index contributed by atoms with van der Waals surface area (Å²) < 4.78 is 5.32. The first-order chi connectivity index (χ1) is 14.1. The lowest BCUT2D eigenvalue weighted by atomic mass is 10.0. The first-order valence-corrected chi connectivity index (χ1v) is 9.61. The Kier molecular flexibility index (Phi) is 5.44. The zero-order valence-electron chi connectivity index (χ0n) is 16.5. The molecule has 0 spiro atoms. The molecule has 0 aliphatic heterocycles. The van der Waals surface area contributed by atoms with Crippen molar-refractivity contribution in [1.29, 1.82) is 0 Å². The van der Waals surface area contributed by atoms with E-state index < -0.39 is 0 Å². The highest BCUT2D eigenvalue weighted by Crippen LogP contribution is 2.24. The lowest BCUT2D eigenvalue weighted by Gasteiger charge is -2.19. The maximum Gasteiger partial charge on any atom is 0.251 e. The van der Waals surface area contributed by atoms with E-state index in [-0.39, 0.29) is 11.6 Å². The summed E-state index contributed by atoms with van der Waals surface area (Å²) in [5.41, 5.74) is 3.99. The van der Waals surface area contributed by atoms with Gasteiger partial charge in [0.05, 0.1) is 18.8 Å². The molecule has 148 valence electrons. The predicted molar refractivity (Wildman–Crippen MR) is 114 cm³/mol. The van der Waals surface area contributed by atoms with E-state index in [0.717, 1.165) is 22.5 Å². The van der Waals surface area contributed by atoms with Gasteiger partial charge in [-0.1, -0.05) is 30.3 Å². The summed E-state index contributed by atoms with van der Waals surface area (Å²) >= 11 is 0. The Bertz CT molecular complexity index is 1180. The predicted octanol–water partition coefficient (Wildman–Crippen LogP) is 3.64. The van der Waals surface area contributed by atoms with Gasteiger partial charge in [0.1, 0.15) is 11.6 Å². The minimum absolute atomic E-state index is 0.110. The van der Waals surface area contributed by atoms with Crippen molar-refractivity contribution in [2.24, 2.45) is 0 Å². The number of nitrogens with zero attached hydrogens (tertiary/aromatic N) is 1. The standard InChI is InChI=1S/C23H24N4O2/c1-15-26-22(12-23(28)27-15)21(24-13-16-6-5-7-18(10-16)29-2)11-17-14-25-20-9-4-3-8-19(17)20/h3-10,12,14,21,24-25H,11,13H2,1-2H3,(H,26,27,28)/t21-/m1/s1. The molecule has 1 atom stereocenters. The van der Waals surface area contributed by atoms with E-state index in [9.17, 15) is 4.79 Å². The summed E-state index contributed by atoms with van der Waals surface area (Å²) in [6, 6.07) is 17.6. The Morgan fingerprint density at radius 2 is 2.00 bits per heavy atom. The molecule has 0 amide bonds. The Hall–Kier alpha value is -3.38. The van der Waals surface area contributed by atoms with Crippen molar-refractivity contribution in [3.63, 3.8) is 0 Å². The van der Waals surface area contributed by atoms with Crippen molar-refractivity contribution >= 4 is 10.9 Å². The van der Waals surface area contributed by atoms with Gasteiger partial charge in [-0.25, -0.2) is 4.98 Å². The van der Waals surface area contributed by atoms with Crippen molar-refractivity contribution < 1.29 is 4.74 Å². The van der Waals surface area contributed by atoms with Crippen molar-refractivity contribution in [2.75, 3.05) is 7.11 Å². The maximum absolute atomic E-state index is 12.0. The summed E-state index contributed by atoms with van der Waals surface area (Å²) in [6.07, 6.45) is 2.74. The molecule has 0 aliphatic carbocycles. The Labute approximate surface area is 169 Å². The monoisotopic (exact) mass is 388 g/mol. The number of hydrogen-bond acceptors (Lipinski definition) is 4. The molecular weight excluding hydrogens is 364 g/mol. The van der Waals surface area contributed by atoms with E-state index in [2.05, 4.69) is 38.5 Å². The van der Waals surface area contributed by atoms with E-state index in [1.54, 1.807) is 20.1 Å². The van der Waals surface area contributed by atoms with E-state index in [0.29, 0.717) is 18.8 Å². The van der Waals surface area contributed by atoms with Crippen LogP contribution in [0.15, 0.2) is 65.6 Å². The molecule has 3 N–H and O–H groups in total. The van der Waals surface area contributed by atoms with Gasteiger partial charge in [0.25, 0.3) is 5.56 Å². The second kappa shape index (κ2) is 8.32. The fraction of sp³-hybridized carbons (Fsp3) is 0.217. The van der Waals surface area contributed by atoms with Crippen molar-refractivity contribution in [1.82, 2.24) is 20.3 Å². The van der Waals surface area contributed by atoms with E-state index >= 15 is 0 Å². The van der Waals surface area contributed by atoms with Gasteiger partial charge < -0.3 is 20.0 Å². The number of H-pyrrole nitrogens is 2. The van der Waals surface area contributed by atoms with Crippen LogP contribution >= 0.6 is 0 Å². The number of benzene rings is 2. The molecule has 2 aromatic heterocycles. The number of fused-ring (bicyclic) bond motifs is 1. The normalized spacial score (nSPS) is 12.2. The van der Waals surface area contributed by atoms with Crippen LogP contribution in [-0.2, 0) is 13.0 Å². The van der Waals surface area contributed by atoms with Crippen LogP contribution < -0.4 is 15.6 Å². The summed E-state index contributed by atoms with van der Waals surface area (Å²) in [5.74, 6) is 1.43. The highest BCUT2D eigenvalue weighted by atomic mass is 16.5. The van der Waals surface area contributed by atoms with Crippen LogP contribution in [0, 0.1) is 6.92 Å². The number of methoxy groups -OCH3 is 1. The van der Waals surface area contributed by atoms with Gasteiger partial charge in [-0.3, -0.25) is 4.79 Å². The average molecular weight is 388 g/mol. The molecule has 2 heterocycles. The van der Waals surface area contributed by atoms with Crippen LogP contribution in [0.3, 0.4) is 0 Å². The van der Waals surface area contributed by atoms with Crippen LogP contribution in [0.1, 0.15) is 28.7 Å². The highest BCUT2D eigenvalue weighted by Gasteiger charge is 2.17. The molecule has 29 heavy (non-hydrogen) atoms. The molecule has 0 aliphatic rings. The maximum atomic E-state index is 12.0. The lowest BCUT2D eigenvalue weighted by molar-refractivity contribution is 0.413. The third-order valence-electron chi connectivity index (χ3n) is 5.02. The van der Waals surface area contributed by atoms with Gasteiger partial charge in [-0.15, -0.1) is 0 Å². The number of rotatable bonds is 7. The zero-order chi connectivity index (χ0) is 20.2. The quantitative estimate of drug-likeness (QED) is 0.451. The summed E-state index contributed by atoms with van der Waals surface area (Å²) in [7, 11) is 1.66. The molecule has 0 radical (unpaired) electrons. The first kappa shape index (κ1) is 19.0. The number of aromatic amines is 2. The zero-order valence-corrected chi connectivity index (χ0v) is 16.5. The van der Waals surface area contributed by atoms with E-state index in [1.807, 2.05) is 36.5 Å². The molecule has 6 nitrogen and oxygen atoms in total. The summed E-state index contributed by atoms with van der Waals surface area (Å²) in [5, 5.41) is 4.76. The van der Waals surface area contributed by atoms with Gasteiger partial charge in [-0.05, 0) is 42.7 Å². The van der Waals surface area contributed by atoms with Crippen LogP contribution in [0.5, 0.6) is 5.75 Å². The number of para-hydroxylation sites is 1. The Morgan fingerprint density at radius 1 is 1.14 bits per heavy atom. The Morgan fingerprint density at radius 3 is 2.83 bits per heavy atom. The van der Waals surface area contributed by atoms with E-state index in [4.69, 9.17) is 4.74 Å².